The molecule has 192 valence electrons. The largest absolute Gasteiger partial charge is 0.495 e. The lowest BCUT2D eigenvalue weighted by atomic mass is 10.1. The van der Waals surface area contributed by atoms with Crippen LogP contribution >= 0.6 is 11.6 Å². The molecule has 0 bridgehead atoms. The Morgan fingerprint density at radius 3 is 2.46 bits per heavy atom. The molecule has 0 saturated heterocycles. The van der Waals surface area contributed by atoms with Gasteiger partial charge < -0.3 is 15.0 Å². The number of ether oxygens (including phenoxy) is 1. The standard InChI is InChI=1S/C24H31ClFN3O5S/c1-5-27-24(31)17(2)28(16-18-9-6-7-10-21(18)26)23(30)11-8-14-29(35(4,32)33)19-12-13-22(34-3)20(25)15-19/h6-7,9-10,12-13,15,17H,5,8,11,14,16H2,1-4H3,(H,27,31)/t17-/m0/s1. The van der Waals surface area contributed by atoms with E-state index in [1.807, 2.05) is 0 Å². The van der Waals surface area contributed by atoms with E-state index in [9.17, 15) is 22.4 Å². The first kappa shape index (κ1) is 28.4. The van der Waals surface area contributed by atoms with Gasteiger partial charge in [-0.1, -0.05) is 29.8 Å². The molecular formula is C24H31ClFN3O5S. The molecule has 0 radical (unpaired) electrons. The highest BCUT2D eigenvalue weighted by Crippen LogP contribution is 2.30. The molecule has 1 N–H and O–H groups in total. The van der Waals surface area contributed by atoms with Crippen molar-refractivity contribution < 1.29 is 27.1 Å². The van der Waals surface area contributed by atoms with Gasteiger partial charge in [0.15, 0.2) is 0 Å². The normalized spacial score (nSPS) is 12.1. The molecule has 0 heterocycles. The second-order valence-corrected chi connectivity index (χ2v) is 10.3. The highest BCUT2D eigenvalue weighted by atomic mass is 35.5. The molecule has 0 saturated carbocycles. The van der Waals surface area contributed by atoms with Crippen LogP contribution in [0.4, 0.5) is 10.1 Å². The molecule has 0 fully saturated rings. The summed E-state index contributed by atoms with van der Waals surface area (Å²) in [6, 6.07) is 9.81. The van der Waals surface area contributed by atoms with E-state index in [0.29, 0.717) is 18.0 Å². The van der Waals surface area contributed by atoms with Crippen LogP contribution in [0.1, 0.15) is 32.3 Å². The molecule has 0 aliphatic rings. The molecule has 8 nitrogen and oxygen atoms in total. The van der Waals surface area contributed by atoms with Crippen molar-refractivity contribution in [2.45, 2.75) is 39.3 Å². The number of sulfonamides is 1. The molecule has 2 rings (SSSR count). The van der Waals surface area contributed by atoms with Gasteiger partial charge in [-0.2, -0.15) is 0 Å². The molecule has 2 aromatic rings. The topological polar surface area (TPSA) is 96.0 Å². The van der Waals surface area contributed by atoms with Gasteiger partial charge in [0, 0.05) is 31.6 Å². The van der Waals surface area contributed by atoms with Crippen molar-refractivity contribution in [2.24, 2.45) is 0 Å². The number of nitrogens with zero attached hydrogens (tertiary/aromatic N) is 2. The summed E-state index contributed by atoms with van der Waals surface area (Å²) in [7, 11) is -2.21. The summed E-state index contributed by atoms with van der Waals surface area (Å²) in [6.07, 6.45) is 1.19. The summed E-state index contributed by atoms with van der Waals surface area (Å²) < 4.78 is 45.4. The van der Waals surface area contributed by atoms with E-state index in [-0.39, 0.29) is 42.4 Å². The van der Waals surface area contributed by atoms with Crippen molar-refractivity contribution in [3.8, 4) is 5.75 Å². The minimum atomic E-state index is -3.67. The predicted molar refractivity (Wildman–Crippen MR) is 135 cm³/mol. The van der Waals surface area contributed by atoms with Crippen LogP contribution < -0.4 is 14.4 Å². The van der Waals surface area contributed by atoms with Crippen molar-refractivity contribution in [3.05, 3.63) is 58.9 Å². The van der Waals surface area contributed by atoms with Crippen LogP contribution in [0.25, 0.3) is 0 Å². The first-order valence-electron chi connectivity index (χ1n) is 11.1. The SMILES string of the molecule is CCNC(=O)[C@H](C)N(Cc1ccccc1F)C(=O)CCCN(c1ccc(OC)c(Cl)c1)S(C)(=O)=O. The highest BCUT2D eigenvalue weighted by Gasteiger charge is 2.27. The molecule has 0 aromatic heterocycles. The fourth-order valence-electron chi connectivity index (χ4n) is 3.53. The fourth-order valence-corrected chi connectivity index (χ4v) is 4.74. The monoisotopic (exact) mass is 527 g/mol. The van der Waals surface area contributed by atoms with Gasteiger partial charge in [-0.3, -0.25) is 13.9 Å². The molecule has 0 aliphatic carbocycles. The summed E-state index contributed by atoms with van der Waals surface area (Å²) in [5.41, 5.74) is 0.618. The van der Waals surface area contributed by atoms with Crippen LogP contribution in [0.3, 0.4) is 0 Å². The number of amides is 2. The number of rotatable bonds is 12. The second kappa shape index (κ2) is 12.7. The minimum absolute atomic E-state index is 0.0102. The average molecular weight is 528 g/mol. The number of nitrogens with one attached hydrogen (secondary N) is 1. The first-order valence-corrected chi connectivity index (χ1v) is 13.3. The zero-order chi connectivity index (χ0) is 26.2. The number of methoxy groups -OCH3 is 1. The fraction of sp³-hybridized carbons (Fsp3) is 0.417. The summed E-state index contributed by atoms with van der Waals surface area (Å²) in [4.78, 5) is 26.9. The average Bonchev–Trinajstić information content (AvgIpc) is 2.80. The maximum Gasteiger partial charge on any atom is 0.242 e. The lowest BCUT2D eigenvalue weighted by Gasteiger charge is -2.29. The van der Waals surface area contributed by atoms with Crippen LogP contribution in [-0.4, -0.2) is 57.6 Å². The van der Waals surface area contributed by atoms with E-state index in [1.165, 1.54) is 24.1 Å². The molecule has 11 heteroatoms. The van der Waals surface area contributed by atoms with Gasteiger partial charge in [0.1, 0.15) is 17.6 Å². The molecule has 0 aliphatic heterocycles. The molecule has 2 aromatic carbocycles. The number of likely N-dealkylation sites (N-methyl/N-ethyl adjacent to an activating group) is 1. The Morgan fingerprint density at radius 1 is 1.20 bits per heavy atom. The van der Waals surface area contributed by atoms with Crippen molar-refractivity contribution in [2.75, 3.05) is 30.8 Å². The molecular weight excluding hydrogens is 497 g/mol. The van der Waals surface area contributed by atoms with Crippen LogP contribution in [-0.2, 0) is 26.2 Å². The van der Waals surface area contributed by atoms with Gasteiger partial charge in [-0.05, 0) is 44.5 Å². The third kappa shape index (κ3) is 7.83. The third-order valence-electron chi connectivity index (χ3n) is 5.39. The quantitative estimate of drug-likeness (QED) is 0.455. The smallest absolute Gasteiger partial charge is 0.242 e. The Bertz CT molecular complexity index is 1150. The van der Waals surface area contributed by atoms with Gasteiger partial charge in [0.05, 0.1) is 24.1 Å². The summed E-state index contributed by atoms with van der Waals surface area (Å²) in [5.74, 6) is -0.828. The van der Waals surface area contributed by atoms with E-state index in [2.05, 4.69) is 5.32 Å². The van der Waals surface area contributed by atoms with Crippen molar-refractivity contribution in [1.82, 2.24) is 10.2 Å². The number of halogens is 2. The summed E-state index contributed by atoms with van der Waals surface area (Å²) in [6.45, 7) is 3.65. The molecule has 35 heavy (non-hydrogen) atoms. The molecule has 1 atom stereocenters. The van der Waals surface area contributed by atoms with E-state index in [1.54, 1.807) is 44.2 Å². The molecule has 0 spiro atoms. The number of carbonyl (C=O) groups is 2. The minimum Gasteiger partial charge on any atom is -0.495 e. The second-order valence-electron chi connectivity index (χ2n) is 7.94. The maximum atomic E-state index is 14.3. The van der Waals surface area contributed by atoms with Crippen LogP contribution in [0.15, 0.2) is 42.5 Å². The van der Waals surface area contributed by atoms with Crippen molar-refractivity contribution in [3.63, 3.8) is 0 Å². The lowest BCUT2D eigenvalue weighted by Crippen LogP contribution is -2.47. The first-order chi connectivity index (χ1) is 16.5. The molecule has 2 amide bonds. The number of benzene rings is 2. The van der Waals surface area contributed by atoms with Crippen molar-refractivity contribution in [1.29, 1.82) is 0 Å². The van der Waals surface area contributed by atoms with Gasteiger partial charge in [0.25, 0.3) is 0 Å². The predicted octanol–water partition coefficient (Wildman–Crippen LogP) is 3.59. The Morgan fingerprint density at radius 2 is 1.89 bits per heavy atom. The van der Waals surface area contributed by atoms with Gasteiger partial charge in [0.2, 0.25) is 21.8 Å². The van der Waals surface area contributed by atoms with Gasteiger partial charge in [-0.25, -0.2) is 12.8 Å². The Balaban J connectivity index is 2.19. The highest BCUT2D eigenvalue weighted by molar-refractivity contribution is 7.92. The number of carbonyl (C=O) groups excluding carboxylic acids is 2. The number of anilines is 1. The van der Waals surface area contributed by atoms with Crippen LogP contribution in [0.5, 0.6) is 5.75 Å². The molecule has 0 unspecified atom stereocenters. The summed E-state index contributed by atoms with van der Waals surface area (Å²) >= 11 is 6.15. The van der Waals surface area contributed by atoms with Gasteiger partial charge in [-0.15, -0.1) is 0 Å². The van der Waals surface area contributed by atoms with Gasteiger partial charge >= 0.3 is 0 Å². The zero-order valence-electron chi connectivity index (χ0n) is 20.3. The van der Waals surface area contributed by atoms with E-state index in [4.69, 9.17) is 16.3 Å². The van der Waals surface area contributed by atoms with E-state index >= 15 is 0 Å². The van der Waals surface area contributed by atoms with E-state index in [0.717, 1.165) is 10.6 Å². The van der Waals surface area contributed by atoms with Crippen LogP contribution in [0, 0.1) is 5.82 Å². The van der Waals surface area contributed by atoms with E-state index < -0.39 is 27.8 Å². The maximum absolute atomic E-state index is 14.3. The van der Waals surface area contributed by atoms with Crippen LogP contribution in [0.2, 0.25) is 5.02 Å². The lowest BCUT2D eigenvalue weighted by molar-refractivity contribution is -0.140. The summed E-state index contributed by atoms with van der Waals surface area (Å²) in [5, 5.41) is 2.93. The third-order valence-corrected chi connectivity index (χ3v) is 6.88. The Labute approximate surface area is 211 Å². The Kier molecular flexibility index (Phi) is 10.3. The zero-order valence-corrected chi connectivity index (χ0v) is 21.8. The van der Waals surface area contributed by atoms with Crippen molar-refractivity contribution >= 4 is 39.1 Å². The number of hydrogen-bond acceptors (Lipinski definition) is 5. The Hall–Kier alpha value is -2.85. The number of hydrogen-bond donors (Lipinski definition) is 1.